The van der Waals surface area contributed by atoms with Crippen LogP contribution in [0.3, 0.4) is 0 Å². The number of nitrogens with zero attached hydrogens (tertiary/aromatic N) is 1. The van der Waals surface area contributed by atoms with E-state index >= 15 is 0 Å². The summed E-state index contributed by atoms with van der Waals surface area (Å²) in [4.78, 5) is 2.57. The van der Waals surface area contributed by atoms with Gasteiger partial charge in [-0.1, -0.05) is 18.6 Å². The van der Waals surface area contributed by atoms with E-state index in [0.29, 0.717) is 0 Å². The number of hydrogen-bond donors (Lipinski definition) is 1. The number of hydrogen-bond acceptors (Lipinski definition) is 2. The van der Waals surface area contributed by atoms with Crippen molar-refractivity contribution in [3.63, 3.8) is 0 Å². The predicted octanol–water partition coefficient (Wildman–Crippen LogP) is 3.87. The lowest BCUT2D eigenvalue weighted by Gasteiger charge is -2.34. The Morgan fingerprint density at radius 1 is 1.20 bits per heavy atom. The maximum Gasteiger partial charge on any atom is 0.0396 e. The topological polar surface area (TPSA) is 15.3 Å². The monoisotopic (exact) mass is 272 g/mol. The molecule has 2 saturated carbocycles. The van der Waals surface area contributed by atoms with Gasteiger partial charge in [0.05, 0.1) is 0 Å². The maximum absolute atomic E-state index is 3.60. The zero-order valence-electron chi connectivity index (χ0n) is 13.0. The molecular formula is C18H28N2. The molecule has 2 nitrogen and oxygen atoms in total. The van der Waals surface area contributed by atoms with Crippen molar-refractivity contribution in [1.82, 2.24) is 5.32 Å². The van der Waals surface area contributed by atoms with Crippen molar-refractivity contribution in [3.8, 4) is 0 Å². The van der Waals surface area contributed by atoms with Crippen molar-refractivity contribution in [2.75, 3.05) is 18.0 Å². The minimum Gasteiger partial charge on any atom is -0.371 e. The normalized spacial score (nSPS) is 18.9. The highest BCUT2D eigenvalue weighted by molar-refractivity contribution is 5.54. The Kier molecular flexibility index (Phi) is 4.30. The van der Waals surface area contributed by atoms with Crippen LogP contribution in [-0.4, -0.2) is 19.1 Å². The third-order valence-electron chi connectivity index (χ3n) is 4.86. The average molecular weight is 272 g/mol. The van der Waals surface area contributed by atoms with Crippen LogP contribution in [0.15, 0.2) is 18.2 Å². The molecule has 0 spiro atoms. The van der Waals surface area contributed by atoms with E-state index in [4.69, 9.17) is 0 Å². The number of benzene rings is 1. The van der Waals surface area contributed by atoms with Crippen LogP contribution in [0, 0.1) is 12.8 Å². The molecule has 1 aromatic rings. The molecule has 20 heavy (non-hydrogen) atoms. The number of rotatable bonds is 7. The van der Waals surface area contributed by atoms with Gasteiger partial charge in [-0.3, -0.25) is 0 Å². The van der Waals surface area contributed by atoms with Crippen LogP contribution in [0.5, 0.6) is 0 Å². The molecule has 0 amide bonds. The molecule has 0 aliphatic heterocycles. The summed E-state index contributed by atoms with van der Waals surface area (Å²) in [6.45, 7) is 7.94. The molecule has 0 heterocycles. The molecule has 0 saturated heterocycles. The maximum atomic E-state index is 3.60. The van der Waals surface area contributed by atoms with Gasteiger partial charge in [0.15, 0.2) is 0 Å². The van der Waals surface area contributed by atoms with Crippen LogP contribution in [0.4, 0.5) is 5.69 Å². The van der Waals surface area contributed by atoms with Gasteiger partial charge in [0, 0.05) is 31.4 Å². The fraction of sp³-hybridized carbons (Fsp3) is 0.667. The fourth-order valence-electron chi connectivity index (χ4n) is 3.12. The lowest BCUT2D eigenvalue weighted by atomic mass is 9.85. The summed E-state index contributed by atoms with van der Waals surface area (Å²) in [7, 11) is 0. The van der Waals surface area contributed by atoms with Gasteiger partial charge in [-0.15, -0.1) is 0 Å². The highest BCUT2D eigenvalue weighted by atomic mass is 15.1. The van der Waals surface area contributed by atoms with Gasteiger partial charge in [-0.2, -0.15) is 0 Å². The highest BCUT2D eigenvalue weighted by Crippen LogP contribution is 2.30. The number of aryl methyl sites for hydroxylation is 1. The van der Waals surface area contributed by atoms with Gasteiger partial charge in [0.2, 0.25) is 0 Å². The summed E-state index contributed by atoms with van der Waals surface area (Å²) in [5, 5.41) is 3.60. The fourth-order valence-corrected chi connectivity index (χ4v) is 3.12. The summed E-state index contributed by atoms with van der Waals surface area (Å²) < 4.78 is 0. The lowest BCUT2D eigenvalue weighted by Crippen LogP contribution is -2.32. The van der Waals surface area contributed by atoms with Gasteiger partial charge in [0.25, 0.3) is 0 Å². The van der Waals surface area contributed by atoms with Crippen LogP contribution in [0.2, 0.25) is 0 Å². The van der Waals surface area contributed by atoms with E-state index < -0.39 is 0 Å². The second kappa shape index (κ2) is 6.17. The van der Waals surface area contributed by atoms with Crippen molar-refractivity contribution in [3.05, 3.63) is 29.3 Å². The van der Waals surface area contributed by atoms with Gasteiger partial charge in [-0.25, -0.2) is 0 Å². The molecule has 0 atom stereocenters. The SMILES string of the molecule is CCN(CC1CCC1)c1ccc(CNC2CC2)cc1C. The first-order valence-corrected chi connectivity index (χ1v) is 8.34. The second-order valence-electron chi connectivity index (χ2n) is 6.61. The van der Waals surface area contributed by atoms with Crippen molar-refractivity contribution in [2.45, 2.75) is 58.5 Å². The van der Waals surface area contributed by atoms with Gasteiger partial charge in [0.1, 0.15) is 0 Å². The summed E-state index contributed by atoms with van der Waals surface area (Å²) >= 11 is 0. The number of nitrogens with one attached hydrogen (secondary N) is 1. The van der Waals surface area contributed by atoms with Crippen LogP contribution in [0.1, 0.15) is 50.2 Å². The van der Waals surface area contributed by atoms with Crippen LogP contribution in [0.25, 0.3) is 0 Å². The molecule has 3 rings (SSSR count). The quantitative estimate of drug-likeness (QED) is 0.810. The number of anilines is 1. The minimum absolute atomic E-state index is 0.792. The Bertz CT molecular complexity index is 447. The first-order valence-electron chi connectivity index (χ1n) is 8.34. The summed E-state index contributed by atoms with van der Waals surface area (Å²) in [6.07, 6.45) is 7.02. The van der Waals surface area contributed by atoms with E-state index in [-0.39, 0.29) is 0 Å². The smallest absolute Gasteiger partial charge is 0.0396 e. The molecule has 2 aliphatic rings. The molecule has 0 radical (unpaired) electrons. The highest BCUT2D eigenvalue weighted by Gasteiger charge is 2.22. The van der Waals surface area contributed by atoms with Crippen molar-refractivity contribution >= 4 is 5.69 Å². The summed E-state index contributed by atoms with van der Waals surface area (Å²) in [5.74, 6) is 0.936. The zero-order chi connectivity index (χ0) is 13.9. The van der Waals surface area contributed by atoms with Crippen LogP contribution >= 0.6 is 0 Å². The first-order chi connectivity index (χ1) is 9.76. The Labute approximate surface area is 123 Å². The molecule has 2 heteroatoms. The summed E-state index contributed by atoms with van der Waals surface area (Å²) in [5.41, 5.74) is 4.30. The van der Waals surface area contributed by atoms with E-state index in [1.165, 1.54) is 55.5 Å². The Hall–Kier alpha value is -1.02. The van der Waals surface area contributed by atoms with E-state index in [9.17, 15) is 0 Å². The second-order valence-corrected chi connectivity index (χ2v) is 6.61. The van der Waals surface area contributed by atoms with E-state index in [1.807, 2.05) is 0 Å². The standard InChI is InChI=1S/C18H28N2/c1-3-20(13-15-5-4-6-15)18-10-7-16(11-14(18)2)12-19-17-8-9-17/h7,10-11,15,17,19H,3-6,8-9,12-13H2,1-2H3. The molecule has 1 N–H and O–H groups in total. The average Bonchev–Trinajstić information content (AvgIpc) is 3.21. The minimum atomic E-state index is 0.792. The van der Waals surface area contributed by atoms with Crippen molar-refractivity contribution < 1.29 is 0 Å². The van der Waals surface area contributed by atoms with Crippen LogP contribution in [-0.2, 0) is 6.54 Å². The largest absolute Gasteiger partial charge is 0.371 e. The van der Waals surface area contributed by atoms with Crippen LogP contribution < -0.4 is 10.2 Å². The van der Waals surface area contributed by atoms with E-state index in [0.717, 1.165) is 25.0 Å². The lowest BCUT2D eigenvalue weighted by molar-refractivity contribution is 0.318. The molecular weight excluding hydrogens is 244 g/mol. The predicted molar refractivity (Wildman–Crippen MR) is 86.3 cm³/mol. The third kappa shape index (κ3) is 3.35. The molecule has 110 valence electrons. The van der Waals surface area contributed by atoms with Crippen molar-refractivity contribution in [2.24, 2.45) is 5.92 Å². The van der Waals surface area contributed by atoms with E-state index in [1.54, 1.807) is 0 Å². The first kappa shape index (κ1) is 13.9. The van der Waals surface area contributed by atoms with E-state index in [2.05, 4.69) is 42.3 Å². The molecule has 0 bridgehead atoms. The summed E-state index contributed by atoms with van der Waals surface area (Å²) in [6, 6.07) is 7.80. The molecule has 2 fully saturated rings. The Morgan fingerprint density at radius 2 is 2.00 bits per heavy atom. The Balaban J connectivity index is 1.64. The van der Waals surface area contributed by atoms with Gasteiger partial charge < -0.3 is 10.2 Å². The molecule has 2 aliphatic carbocycles. The molecule has 1 aromatic carbocycles. The van der Waals surface area contributed by atoms with Crippen molar-refractivity contribution in [1.29, 1.82) is 0 Å². The zero-order valence-corrected chi connectivity index (χ0v) is 13.0. The molecule has 0 unspecified atom stereocenters. The molecule has 0 aromatic heterocycles. The van der Waals surface area contributed by atoms with Gasteiger partial charge >= 0.3 is 0 Å². The van der Waals surface area contributed by atoms with Gasteiger partial charge in [-0.05, 0) is 62.6 Å². The Morgan fingerprint density at radius 3 is 2.55 bits per heavy atom. The third-order valence-corrected chi connectivity index (χ3v) is 4.86.